The molecule has 1 atom stereocenters. The molecule has 2 heteroatoms. The quantitative estimate of drug-likeness (QED) is 0.894. The van der Waals surface area contributed by atoms with Crippen molar-refractivity contribution >= 4 is 5.69 Å². The van der Waals surface area contributed by atoms with Gasteiger partial charge in [-0.25, -0.2) is 0 Å². The highest BCUT2D eigenvalue weighted by Gasteiger charge is 2.35. The van der Waals surface area contributed by atoms with E-state index in [1.165, 1.54) is 36.2 Å². The van der Waals surface area contributed by atoms with E-state index in [1.54, 1.807) is 0 Å². The standard InChI is InChI=1S/C17H28N2/c1-13-7-6-8-14(2)16(13)19-12-15(11-18-5)9-10-17(19,3)4/h6-8,15,18H,9-12H2,1-5H3. The molecule has 1 heterocycles. The zero-order valence-corrected chi connectivity index (χ0v) is 13.1. The maximum atomic E-state index is 3.34. The minimum atomic E-state index is 0.265. The highest BCUT2D eigenvalue weighted by molar-refractivity contribution is 5.60. The van der Waals surface area contributed by atoms with E-state index >= 15 is 0 Å². The lowest BCUT2D eigenvalue weighted by Crippen LogP contribution is -2.52. The second-order valence-corrected chi connectivity index (χ2v) is 6.63. The van der Waals surface area contributed by atoms with Crippen LogP contribution in [0.25, 0.3) is 0 Å². The maximum absolute atomic E-state index is 3.34. The Balaban J connectivity index is 2.33. The molecular weight excluding hydrogens is 232 g/mol. The molecule has 0 saturated carbocycles. The minimum Gasteiger partial charge on any atom is -0.366 e. The molecule has 1 aromatic rings. The van der Waals surface area contributed by atoms with Gasteiger partial charge in [-0.2, -0.15) is 0 Å². The van der Waals surface area contributed by atoms with Gasteiger partial charge in [0.1, 0.15) is 0 Å². The van der Waals surface area contributed by atoms with Gasteiger partial charge in [-0.1, -0.05) is 18.2 Å². The minimum absolute atomic E-state index is 0.265. The van der Waals surface area contributed by atoms with Crippen LogP contribution in [0.2, 0.25) is 0 Å². The smallest absolute Gasteiger partial charge is 0.0430 e. The van der Waals surface area contributed by atoms with Crippen LogP contribution in [0.3, 0.4) is 0 Å². The third kappa shape index (κ3) is 2.94. The first kappa shape index (κ1) is 14.4. The SMILES string of the molecule is CNCC1CCC(C)(C)N(c2c(C)cccc2C)C1. The predicted molar refractivity (Wildman–Crippen MR) is 84.0 cm³/mol. The Morgan fingerprint density at radius 2 is 1.89 bits per heavy atom. The van der Waals surface area contributed by atoms with Crippen molar-refractivity contribution in [3.05, 3.63) is 29.3 Å². The number of aryl methyl sites for hydroxylation is 2. The Bertz CT molecular complexity index is 417. The van der Waals surface area contributed by atoms with E-state index in [1.807, 2.05) is 0 Å². The Hall–Kier alpha value is -1.02. The van der Waals surface area contributed by atoms with Crippen molar-refractivity contribution in [1.82, 2.24) is 5.32 Å². The first-order valence-corrected chi connectivity index (χ1v) is 7.44. The van der Waals surface area contributed by atoms with Gasteiger partial charge in [0.05, 0.1) is 0 Å². The molecular formula is C17H28N2. The van der Waals surface area contributed by atoms with Crippen LogP contribution < -0.4 is 10.2 Å². The molecule has 19 heavy (non-hydrogen) atoms. The summed E-state index contributed by atoms with van der Waals surface area (Å²) in [7, 11) is 2.06. The van der Waals surface area contributed by atoms with Gasteiger partial charge in [0, 0.05) is 17.8 Å². The zero-order valence-electron chi connectivity index (χ0n) is 13.1. The van der Waals surface area contributed by atoms with Crippen LogP contribution in [0.1, 0.15) is 37.8 Å². The number of hydrogen-bond donors (Lipinski definition) is 1. The molecule has 1 unspecified atom stereocenters. The molecule has 0 aromatic heterocycles. The van der Waals surface area contributed by atoms with Gasteiger partial charge >= 0.3 is 0 Å². The van der Waals surface area contributed by atoms with Gasteiger partial charge < -0.3 is 10.2 Å². The third-order valence-corrected chi connectivity index (χ3v) is 4.54. The van der Waals surface area contributed by atoms with Crippen molar-refractivity contribution in [3.8, 4) is 0 Å². The number of anilines is 1. The van der Waals surface area contributed by atoms with Crippen molar-refractivity contribution in [2.24, 2.45) is 5.92 Å². The summed E-state index contributed by atoms with van der Waals surface area (Å²) in [6.07, 6.45) is 2.60. The van der Waals surface area contributed by atoms with Crippen LogP contribution in [-0.4, -0.2) is 25.7 Å². The van der Waals surface area contributed by atoms with Crippen molar-refractivity contribution in [3.63, 3.8) is 0 Å². The molecule has 0 aliphatic carbocycles. The lowest BCUT2D eigenvalue weighted by Gasteiger charge is -2.48. The fraction of sp³-hybridized carbons (Fsp3) is 0.647. The topological polar surface area (TPSA) is 15.3 Å². The van der Waals surface area contributed by atoms with Gasteiger partial charge in [-0.15, -0.1) is 0 Å². The molecule has 0 bridgehead atoms. The maximum Gasteiger partial charge on any atom is 0.0430 e. The summed E-state index contributed by atoms with van der Waals surface area (Å²) < 4.78 is 0. The summed E-state index contributed by atoms with van der Waals surface area (Å²) >= 11 is 0. The van der Waals surface area contributed by atoms with Crippen LogP contribution >= 0.6 is 0 Å². The number of benzene rings is 1. The molecule has 0 amide bonds. The fourth-order valence-corrected chi connectivity index (χ4v) is 3.37. The van der Waals surface area contributed by atoms with Gasteiger partial charge in [0.2, 0.25) is 0 Å². The molecule has 0 radical (unpaired) electrons. The number of para-hydroxylation sites is 1. The Morgan fingerprint density at radius 3 is 2.47 bits per heavy atom. The summed E-state index contributed by atoms with van der Waals surface area (Å²) in [5.74, 6) is 0.761. The fourth-order valence-electron chi connectivity index (χ4n) is 3.37. The molecule has 106 valence electrons. The van der Waals surface area contributed by atoms with Crippen molar-refractivity contribution < 1.29 is 0 Å². The molecule has 1 aliphatic heterocycles. The molecule has 1 fully saturated rings. The normalized spacial score (nSPS) is 22.6. The van der Waals surface area contributed by atoms with E-state index in [0.29, 0.717) is 0 Å². The summed E-state index contributed by atoms with van der Waals surface area (Å²) in [6.45, 7) is 11.5. The summed E-state index contributed by atoms with van der Waals surface area (Å²) in [5.41, 5.74) is 4.52. The van der Waals surface area contributed by atoms with Crippen LogP contribution in [0, 0.1) is 19.8 Å². The summed E-state index contributed by atoms with van der Waals surface area (Å²) in [4.78, 5) is 2.64. The second kappa shape index (κ2) is 5.54. The molecule has 1 aliphatic rings. The predicted octanol–water partition coefficient (Wildman–Crippen LogP) is 3.52. The average molecular weight is 260 g/mol. The monoisotopic (exact) mass is 260 g/mol. The number of rotatable bonds is 3. The largest absolute Gasteiger partial charge is 0.366 e. The zero-order chi connectivity index (χ0) is 14.0. The van der Waals surface area contributed by atoms with E-state index in [-0.39, 0.29) is 5.54 Å². The van der Waals surface area contributed by atoms with E-state index < -0.39 is 0 Å². The van der Waals surface area contributed by atoms with E-state index in [0.717, 1.165) is 12.5 Å². The van der Waals surface area contributed by atoms with Crippen LogP contribution in [0.15, 0.2) is 18.2 Å². The number of nitrogens with one attached hydrogen (secondary N) is 1. The Labute approximate surface area is 118 Å². The van der Waals surface area contributed by atoms with Crippen LogP contribution in [0.4, 0.5) is 5.69 Å². The number of hydrogen-bond acceptors (Lipinski definition) is 2. The van der Waals surface area contributed by atoms with E-state index in [9.17, 15) is 0 Å². The van der Waals surface area contributed by atoms with Gasteiger partial charge in [0.25, 0.3) is 0 Å². The van der Waals surface area contributed by atoms with Gasteiger partial charge in [-0.05, 0) is 71.2 Å². The lowest BCUT2D eigenvalue weighted by atomic mass is 9.83. The highest BCUT2D eigenvalue weighted by atomic mass is 15.2. The molecule has 2 nitrogen and oxygen atoms in total. The number of nitrogens with zero attached hydrogens (tertiary/aromatic N) is 1. The highest BCUT2D eigenvalue weighted by Crippen LogP contribution is 2.37. The Kier molecular flexibility index (Phi) is 4.19. The van der Waals surface area contributed by atoms with Crippen LogP contribution in [-0.2, 0) is 0 Å². The van der Waals surface area contributed by atoms with Gasteiger partial charge in [-0.3, -0.25) is 0 Å². The molecule has 2 rings (SSSR count). The third-order valence-electron chi connectivity index (χ3n) is 4.54. The average Bonchev–Trinajstić information content (AvgIpc) is 2.33. The Morgan fingerprint density at radius 1 is 1.26 bits per heavy atom. The first-order chi connectivity index (χ1) is 8.95. The number of piperidine rings is 1. The second-order valence-electron chi connectivity index (χ2n) is 6.63. The van der Waals surface area contributed by atoms with Crippen molar-refractivity contribution in [2.75, 3.05) is 25.0 Å². The first-order valence-electron chi connectivity index (χ1n) is 7.44. The van der Waals surface area contributed by atoms with Gasteiger partial charge in [0.15, 0.2) is 0 Å². The van der Waals surface area contributed by atoms with Crippen LogP contribution in [0.5, 0.6) is 0 Å². The van der Waals surface area contributed by atoms with E-state index in [4.69, 9.17) is 0 Å². The van der Waals surface area contributed by atoms with E-state index in [2.05, 4.69) is 63.2 Å². The summed E-state index contributed by atoms with van der Waals surface area (Å²) in [6, 6.07) is 6.64. The molecule has 1 N–H and O–H groups in total. The summed E-state index contributed by atoms with van der Waals surface area (Å²) in [5, 5.41) is 3.34. The molecule has 1 aromatic carbocycles. The molecule has 0 spiro atoms. The molecule has 1 saturated heterocycles. The lowest BCUT2D eigenvalue weighted by molar-refractivity contribution is 0.286. The van der Waals surface area contributed by atoms with Crippen molar-refractivity contribution in [1.29, 1.82) is 0 Å². The van der Waals surface area contributed by atoms with Crippen molar-refractivity contribution in [2.45, 2.75) is 46.1 Å².